The Kier molecular flexibility index (Phi) is 5.15. The first-order chi connectivity index (χ1) is 10.1. The summed E-state index contributed by atoms with van der Waals surface area (Å²) in [5.74, 6) is 0.321. The van der Waals surface area contributed by atoms with Gasteiger partial charge in [0.25, 0.3) is 0 Å². The Morgan fingerprint density at radius 3 is 2.29 bits per heavy atom. The van der Waals surface area contributed by atoms with Gasteiger partial charge in [0.15, 0.2) is 0 Å². The Balaban J connectivity index is 2.17. The van der Waals surface area contributed by atoms with Gasteiger partial charge in [-0.1, -0.05) is 62.4 Å². The van der Waals surface area contributed by atoms with Crippen LogP contribution in [0.25, 0.3) is 0 Å². The standard InChI is InChI=1S/C19H23NO/c1-4-14(2)17-12-8-9-13-18(17)20-19(21)15(3)16-10-6-5-7-11-16/h5-15H,4H2,1-3H3,(H,20,21)/t14-,15-/m0/s1. The van der Waals surface area contributed by atoms with Crippen LogP contribution in [0, 0.1) is 0 Å². The third kappa shape index (κ3) is 3.72. The fourth-order valence-corrected chi connectivity index (χ4v) is 2.39. The van der Waals surface area contributed by atoms with Crippen LogP contribution < -0.4 is 5.32 Å². The summed E-state index contributed by atoms with van der Waals surface area (Å²) in [6.07, 6.45) is 1.06. The van der Waals surface area contributed by atoms with E-state index in [1.54, 1.807) is 0 Å². The molecule has 0 radical (unpaired) electrons. The molecular formula is C19H23NO. The van der Waals surface area contributed by atoms with Crippen molar-refractivity contribution in [1.82, 2.24) is 0 Å². The van der Waals surface area contributed by atoms with Gasteiger partial charge in [0.1, 0.15) is 0 Å². The van der Waals surface area contributed by atoms with Gasteiger partial charge < -0.3 is 5.32 Å². The zero-order valence-electron chi connectivity index (χ0n) is 13.0. The second kappa shape index (κ2) is 7.07. The van der Waals surface area contributed by atoms with Crippen molar-refractivity contribution in [3.05, 3.63) is 65.7 Å². The van der Waals surface area contributed by atoms with Crippen molar-refractivity contribution in [3.63, 3.8) is 0 Å². The molecule has 0 aliphatic heterocycles. The van der Waals surface area contributed by atoms with Gasteiger partial charge in [-0.05, 0) is 36.5 Å². The topological polar surface area (TPSA) is 29.1 Å². The number of nitrogens with one attached hydrogen (secondary N) is 1. The highest BCUT2D eigenvalue weighted by molar-refractivity contribution is 5.96. The van der Waals surface area contributed by atoms with E-state index in [1.165, 1.54) is 5.56 Å². The molecule has 0 aliphatic carbocycles. The zero-order valence-corrected chi connectivity index (χ0v) is 13.0. The number of carbonyl (C=O) groups excluding carboxylic acids is 1. The normalized spacial score (nSPS) is 13.5. The molecule has 0 heterocycles. The van der Waals surface area contributed by atoms with E-state index in [1.807, 2.05) is 55.5 Å². The highest BCUT2D eigenvalue weighted by Crippen LogP contribution is 2.27. The van der Waals surface area contributed by atoms with Gasteiger partial charge in [0, 0.05) is 5.69 Å². The van der Waals surface area contributed by atoms with Gasteiger partial charge in [-0.25, -0.2) is 0 Å². The maximum absolute atomic E-state index is 12.5. The Hall–Kier alpha value is -2.09. The quantitative estimate of drug-likeness (QED) is 0.826. The Morgan fingerprint density at radius 2 is 1.62 bits per heavy atom. The van der Waals surface area contributed by atoms with E-state index >= 15 is 0 Å². The van der Waals surface area contributed by atoms with Crippen molar-refractivity contribution in [2.45, 2.75) is 39.0 Å². The summed E-state index contributed by atoms with van der Waals surface area (Å²) in [5, 5.41) is 3.09. The van der Waals surface area contributed by atoms with Gasteiger partial charge in [-0.2, -0.15) is 0 Å². The van der Waals surface area contributed by atoms with Crippen molar-refractivity contribution in [1.29, 1.82) is 0 Å². The van der Waals surface area contributed by atoms with Crippen molar-refractivity contribution in [2.24, 2.45) is 0 Å². The number of para-hydroxylation sites is 1. The van der Waals surface area contributed by atoms with Crippen LogP contribution in [0.3, 0.4) is 0 Å². The molecule has 0 aromatic heterocycles. The summed E-state index contributed by atoms with van der Waals surface area (Å²) in [6.45, 7) is 6.29. The molecule has 0 spiro atoms. The van der Waals surface area contributed by atoms with Crippen LogP contribution in [0.1, 0.15) is 50.2 Å². The lowest BCUT2D eigenvalue weighted by Crippen LogP contribution is -2.20. The monoisotopic (exact) mass is 281 g/mol. The maximum atomic E-state index is 12.5. The van der Waals surface area contributed by atoms with Gasteiger partial charge in [-0.3, -0.25) is 4.79 Å². The third-order valence-electron chi connectivity index (χ3n) is 4.05. The molecule has 0 unspecified atom stereocenters. The number of benzene rings is 2. The van der Waals surface area contributed by atoms with E-state index in [9.17, 15) is 4.79 Å². The largest absolute Gasteiger partial charge is 0.325 e. The molecule has 0 saturated heterocycles. The molecule has 21 heavy (non-hydrogen) atoms. The fraction of sp³-hybridized carbons (Fsp3) is 0.316. The highest BCUT2D eigenvalue weighted by atomic mass is 16.1. The molecule has 110 valence electrons. The maximum Gasteiger partial charge on any atom is 0.231 e. The van der Waals surface area contributed by atoms with E-state index in [-0.39, 0.29) is 11.8 Å². The molecule has 0 fully saturated rings. The molecule has 0 saturated carbocycles. The number of carbonyl (C=O) groups is 1. The van der Waals surface area contributed by atoms with Crippen molar-refractivity contribution in [2.75, 3.05) is 5.32 Å². The van der Waals surface area contributed by atoms with E-state index in [2.05, 4.69) is 25.2 Å². The molecule has 1 amide bonds. The van der Waals surface area contributed by atoms with Crippen LogP contribution in [0.2, 0.25) is 0 Å². The Morgan fingerprint density at radius 1 is 1.00 bits per heavy atom. The number of hydrogen-bond acceptors (Lipinski definition) is 1. The van der Waals surface area contributed by atoms with Gasteiger partial charge in [0.05, 0.1) is 5.92 Å². The third-order valence-corrected chi connectivity index (χ3v) is 4.05. The second-order valence-electron chi connectivity index (χ2n) is 5.52. The molecule has 2 atom stereocenters. The van der Waals surface area contributed by atoms with Gasteiger partial charge in [0.2, 0.25) is 5.91 Å². The van der Waals surface area contributed by atoms with Crippen molar-refractivity contribution >= 4 is 11.6 Å². The van der Waals surface area contributed by atoms with Gasteiger partial charge >= 0.3 is 0 Å². The van der Waals surface area contributed by atoms with Crippen molar-refractivity contribution in [3.8, 4) is 0 Å². The lowest BCUT2D eigenvalue weighted by molar-refractivity contribution is -0.117. The number of anilines is 1. The van der Waals surface area contributed by atoms with E-state index < -0.39 is 0 Å². The van der Waals surface area contributed by atoms with Crippen LogP contribution in [0.5, 0.6) is 0 Å². The summed E-state index contributed by atoms with van der Waals surface area (Å²) in [6, 6.07) is 17.9. The van der Waals surface area contributed by atoms with E-state index in [0.717, 1.165) is 17.7 Å². The predicted molar refractivity (Wildman–Crippen MR) is 88.6 cm³/mol. The summed E-state index contributed by atoms with van der Waals surface area (Å²) in [5.41, 5.74) is 3.17. The number of rotatable bonds is 5. The minimum atomic E-state index is -0.156. The van der Waals surface area contributed by atoms with Crippen LogP contribution >= 0.6 is 0 Å². The van der Waals surface area contributed by atoms with E-state index in [4.69, 9.17) is 0 Å². The van der Waals surface area contributed by atoms with Crippen LogP contribution in [0.15, 0.2) is 54.6 Å². The van der Waals surface area contributed by atoms with Crippen molar-refractivity contribution < 1.29 is 4.79 Å². The molecular weight excluding hydrogens is 258 g/mol. The number of amides is 1. The zero-order chi connectivity index (χ0) is 15.2. The first-order valence-electron chi connectivity index (χ1n) is 7.58. The molecule has 2 nitrogen and oxygen atoms in total. The first-order valence-corrected chi connectivity index (χ1v) is 7.58. The predicted octanol–water partition coefficient (Wildman–Crippen LogP) is 4.94. The Bertz CT molecular complexity index is 592. The SMILES string of the molecule is CC[C@H](C)c1ccccc1NC(=O)[C@@H](C)c1ccccc1. The summed E-state index contributed by atoms with van der Waals surface area (Å²) in [4.78, 5) is 12.5. The molecule has 2 heteroatoms. The van der Waals surface area contributed by atoms with Crippen LogP contribution in [-0.2, 0) is 4.79 Å². The molecule has 2 aromatic rings. The molecule has 2 aromatic carbocycles. The van der Waals surface area contributed by atoms with Crippen LogP contribution in [0.4, 0.5) is 5.69 Å². The summed E-state index contributed by atoms with van der Waals surface area (Å²) >= 11 is 0. The second-order valence-corrected chi connectivity index (χ2v) is 5.52. The lowest BCUT2D eigenvalue weighted by atomic mass is 9.96. The lowest BCUT2D eigenvalue weighted by Gasteiger charge is -2.18. The summed E-state index contributed by atoms with van der Waals surface area (Å²) < 4.78 is 0. The molecule has 2 rings (SSSR count). The minimum Gasteiger partial charge on any atom is -0.325 e. The number of hydrogen-bond donors (Lipinski definition) is 1. The fourth-order valence-electron chi connectivity index (χ4n) is 2.39. The minimum absolute atomic E-state index is 0.0388. The van der Waals surface area contributed by atoms with E-state index in [0.29, 0.717) is 5.92 Å². The molecule has 0 aliphatic rings. The smallest absolute Gasteiger partial charge is 0.231 e. The van der Waals surface area contributed by atoms with Crippen LogP contribution in [-0.4, -0.2) is 5.91 Å². The first kappa shape index (κ1) is 15.3. The highest BCUT2D eigenvalue weighted by Gasteiger charge is 2.17. The van der Waals surface area contributed by atoms with Gasteiger partial charge in [-0.15, -0.1) is 0 Å². The summed E-state index contributed by atoms with van der Waals surface area (Å²) in [7, 11) is 0. The average molecular weight is 281 g/mol. The Labute approximate surface area is 127 Å². The molecule has 0 bridgehead atoms. The average Bonchev–Trinajstić information content (AvgIpc) is 2.54. The molecule has 1 N–H and O–H groups in total.